The predicted octanol–water partition coefficient (Wildman–Crippen LogP) is 4.45. The molecule has 2 N–H and O–H groups in total. The molecule has 2 rings (SSSR count). The second kappa shape index (κ2) is 8.31. The summed E-state index contributed by atoms with van der Waals surface area (Å²) in [6.45, 7) is 13.0. The van der Waals surface area contributed by atoms with E-state index < -0.39 is 0 Å². The SMILES string of the molecule is CCC(CC)Nc1cc(NC(CC)CC)c2nnc(C(C)C)n2n1. The molecule has 0 unspecified atom stereocenters. The fourth-order valence-electron chi connectivity index (χ4n) is 2.85. The van der Waals surface area contributed by atoms with Gasteiger partial charge in [0.05, 0.1) is 5.69 Å². The van der Waals surface area contributed by atoms with Crippen molar-refractivity contribution in [1.82, 2.24) is 19.8 Å². The third-order valence-corrected chi connectivity index (χ3v) is 4.59. The Kier molecular flexibility index (Phi) is 6.40. The molecular formula is C18H32N6. The van der Waals surface area contributed by atoms with E-state index in [1.165, 1.54) is 0 Å². The molecule has 0 aliphatic rings. The normalized spacial score (nSPS) is 11.9. The van der Waals surface area contributed by atoms with Crippen molar-refractivity contribution < 1.29 is 0 Å². The highest BCUT2D eigenvalue weighted by atomic mass is 15.4. The minimum atomic E-state index is 0.275. The Morgan fingerprint density at radius 3 is 2.04 bits per heavy atom. The summed E-state index contributed by atoms with van der Waals surface area (Å²) in [4.78, 5) is 0. The third-order valence-electron chi connectivity index (χ3n) is 4.59. The van der Waals surface area contributed by atoms with Crippen LogP contribution in [0.2, 0.25) is 0 Å². The highest BCUT2D eigenvalue weighted by Crippen LogP contribution is 2.24. The molecule has 0 saturated carbocycles. The third kappa shape index (κ3) is 3.97. The van der Waals surface area contributed by atoms with Crippen molar-refractivity contribution in [2.45, 2.75) is 85.2 Å². The largest absolute Gasteiger partial charge is 0.379 e. The van der Waals surface area contributed by atoms with Crippen LogP contribution < -0.4 is 10.6 Å². The number of hydrogen-bond donors (Lipinski definition) is 2. The van der Waals surface area contributed by atoms with Gasteiger partial charge in [0.15, 0.2) is 5.82 Å². The molecule has 0 bridgehead atoms. The fraction of sp³-hybridized carbons (Fsp3) is 0.722. The zero-order valence-corrected chi connectivity index (χ0v) is 15.9. The number of anilines is 2. The minimum Gasteiger partial charge on any atom is -0.379 e. The first-order chi connectivity index (χ1) is 11.5. The van der Waals surface area contributed by atoms with Crippen molar-refractivity contribution in [3.8, 4) is 0 Å². The molecular weight excluding hydrogens is 300 g/mol. The smallest absolute Gasteiger partial charge is 0.201 e. The Hall–Kier alpha value is -1.85. The molecule has 0 spiro atoms. The van der Waals surface area contributed by atoms with Crippen LogP contribution in [-0.2, 0) is 0 Å². The zero-order chi connectivity index (χ0) is 17.7. The molecule has 2 aromatic rings. The second-order valence-electron chi connectivity index (χ2n) is 6.71. The summed E-state index contributed by atoms with van der Waals surface area (Å²) in [6, 6.07) is 2.93. The summed E-state index contributed by atoms with van der Waals surface area (Å²) >= 11 is 0. The number of aromatic nitrogens is 4. The van der Waals surface area contributed by atoms with Crippen LogP contribution in [0.1, 0.15) is 79.0 Å². The Bertz CT molecular complexity index is 640. The van der Waals surface area contributed by atoms with E-state index in [0.29, 0.717) is 12.1 Å². The molecule has 0 atom stereocenters. The standard InChI is InChI=1S/C18H32N6/c1-7-13(8-2)19-15-11-16(20-14(9-3)10-4)23-24-17(12(5)6)21-22-18(15)24/h11-14,19H,7-10H2,1-6H3,(H,20,23). The average molecular weight is 332 g/mol. The van der Waals surface area contributed by atoms with Gasteiger partial charge in [0.2, 0.25) is 5.65 Å². The molecule has 0 saturated heterocycles. The summed E-state index contributed by atoms with van der Waals surface area (Å²) in [5.41, 5.74) is 1.81. The van der Waals surface area contributed by atoms with Gasteiger partial charge in [-0.15, -0.1) is 15.3 Å². The van der Waals surface area contributed by atoms with E-state index in [1.54, 1.807) is 0 Å². The quantitative estimate of drug-likeness (QED) is 0.710. The van der Waals surface area contributed by atoms with Gasteiger partial charge in [-0.05, 0) is 25.7 Å². The number of nitrogens with one attached hydrogen (secondary N) is 2. The summed E-state index contributed by atoms with van der Waals surface area (Å²) < 4.78 is 1.89. The molecule has 0 radical (unpaired) electrons. The van der Waals surface area contributed by atoms with Gasteiger partial charge in [-0.2, -0.15) is 4.52 Å². The average Bonchev–Trinajstić information content (AvgIpc) is 3.01. The van der Waals surface area contributed by atoms with Crippen molar-refractivity contribution in [3.63, 3.8) is 0 Å². The molecule has 0 aromatic carbocycles. The topological polar surface area (TPSA) is 67.1 Å². The second-order valence-corrected chi connectivity index (χ2v) is 6.71. The molecule has 2 aromatic heterocycles. The van der Waals surface area contributed by atoms with Crippen molar-refractivity contribution in [2.24, 2.45) is 0 Å². The number of hydrogen-bond acceptors (Lipinski definition) is 5. The van der Waals surface area contributed by atoms with Gasteiger partial charge in [-0.1, -0.05) is 41.5 Å². The van der Waals surface area contributed by atoms with E-state index in [9.17, 15) is 0 Å². The van der Waals surface area contributed by atoms with E-state index in [0.717, 1.165) is 48.7 Å². The van der Waals surface area contributed by atoms with Gasteiger partial charge < -0.3 is 10.6 Å². The van der Waals surface area contributed by atoms with Crippen molar-refractivity contribution in [3.05, 3.63) is 11.9 Å². The molecule has 0 fully saturated rings. The van der Waals surface area contributed by atoms with Crippen LogP contribution in [0.4, 0.5) is 11.5 Å². The first-order valence-corrected chi connectivity index (χ1v) is 9.33. The van der Waals surface area contributed by atoms with E-state index in [4.69, 9.17) is 5.10 Å². The van der Waals surface area contributed by atoms with Crippen molar-refractivity contribution in [2.75, 3.05) is 10.6 Å². The van der Waals surface area contributed by atoms with E-state index >= 15 is 0 Å². The minimum absolute atomic E-state index is 0.275. The molecule has 2 heterocycles. The van der Waals surface area contributed by atoms with Crippen LogP contribution >= 0.6 is 0 Å². The lowest BCUT2D eigenvalue weighted by molar-refractivity contribution is 0.658. The first-order valence-electron chi connectivity index (χ1n) is 9.33. The lowest BCUT2D eigenvalue weighted by Crippen LogP contribution is -2.21. The molecule has 24 heavy (non-hydrogen) atoms. The maximum atomic E-state index is 4.75. The van der Waals surface area contributed by atoms with Crippen molar-refractivity contribution >= 4 is 17.2 Å². The Labute approximate surface area is 145 Å². The maximum absolute atomic E-state index is 4.75. The molecule has 0 aliphatic carbocycles. The van der Waals surface area contributed by atoms with Gasteiger partial charge >= 0.3 is 0 Å². The van der Waals surface area contributed by atoms with Gasteiger partial charge in [0.25, 0.3) is 0 Å². The van der Waals surface area contributed by atoms with Gasteiger partial charge in [0, 0.05) is 24.1 Å². The number of rotatable bonds is 9. The summed E-state index contributed by atoms with van der Waals surface area (Å²) in [6.07, 6.45) is 4.30. The molecule has 6 heteroatoms. The molecule has 6 nitrogen and oxygen atoms in total. The summed E-state index contributed by atoms with van der Waals surface area (Å²) in [5.74, 6) is 2.05. The predicted molar refractivity (Wildman–Crippen MR) is 101 cm³/mol. The van der Waals surface area contributed by atoms with Gasteiger partial charge in [-0.25, -0.2) is 0 Å². The van der Waals surface area contributed by atoms with E-state index in [2.05, 4.69) is 68.4 Å². The van der Waals surface area contributed by atoms with E-state index in [-0.39, 0.29) is 5.92 Å². The highest BCUT2D eigenvalue weighted by molar-refractivity contribution is 5.70. The maximum Gasteiger partial charge on any atom is 0.201 e. The first kappa shape index (κ1) is 18.5. The molecule has 0 amide bonds. The molecule has 0 aliphatic heterocycles. The van der Waals surface area contributed by atoms with Gasteiger partial charge in [0.1, 0.15) is 5.82 Å². The summed E-state index contributed by atoms with van der Waals surface area (Å²) in [5, 5.41) is 20.7. The van der Waals surface area contributed by atoms with Crippen LogP contribution in [0.3, 0.4) is 0 Å². The Morgan fingerprint density at radius 2 is 1.50 bits per heavy atom. The highest BCUT2D eigenvalue weighted by Gasteiger charge is 2.17. The van der Waals surface area contributed by atoms with Crippen molar-refractivity contribution in [1.29, 1.82) is 0 Å². The Balaban J connectivity index is 2.48. The van der Waals surface area contributed by atoms with E-state index in [1.807, 2.05) is 4.52 Å². The van der Waals surface area contributed by atoms with Crippen LogP contribution in [0, 0.1) is 0 Å². The lowest BCUT2D eigenvalue weighted by atomic mass is 10.1. The zero-order valence-electron chi connectivity index (χ0n) is 15.9. The van der Waals surface area contributed by atoms with Crippen LogP contribution in [-0.4, -0.2) is 31.9 Å². The monoisotopic (exact) mass is 332 g/mol. The van der Waals surface area contributed by atoms with Crippen LogP contribution in [0.25, 0.3) is 5.65 Å². The molecule has 134 valence electrons. The number of fused-ring (bicyclic) bond motifs is 1. The lowest BCUT2D eigenvalue weighted by Gasteiger charge is -2.20. The summed E-state index contributed by atoms with van der Waals surface area (Å²) in [7, 11) is 0. The fourth-order valence-corrected chi connectivity index (χ4v) is 2.85. The van der Waals surface area contributed by atoms with Crippen LogP contribution in [0.5, 0.6) is 0 Å². The number of nitrogens with zero attached hydrogens (tertiary/aromatic N) is 4. The van der Waals surface area contributed by atoms with Crippen LogP contribution in [0.15, 0.2) is 6.07 Å². The van der Waals surface area contributed by atoms with Gasteiger partial charge in [-0.3, -0.25) is 0 Å². The Morgan fingerprint density at radius 1 is 0.917 bits per heavy atom.